The van der Waals surface area contributed by atoms with E-state index in [9.17, 15) is 0 Å². The van der Waals surface area contributed by atoms with E-state index >= 15 is 0 Å². The van der Waals surface area contributed by atoms with Crippen molar-refractivity contribution in [2.24, 2.45) is 0 Å². The fourth-order valence-corrected chi connectivity index (χ4v) is 1.29. The monoisotopic (exact) mass is 239 g/mol. The van der Waals surface area contributed by atoms with E-state index < -0.39 is 0 Å². The van der Waals surface area contributed by atoms with Crippen LogP contribution in [0.3, 0.4) is 0 Å². The third-order valence-corrected chi connectivity index (χ3v) is 2.17. The van der Waals surface area contributed by atoms with E-state index in [0.29, 0.717) is 18.9 Å². The molecule has 0 spiro atoms. The number of aliphatic hydroxyl groups excluding tert-OH is 1. The van der Waals surface area contributed by atoms with Crippen LogP contribution in [-0.2, 0) is 6.42 Å². The summed E-state index contributed by atoms with van der Waals surface area (Å²) in [5, 5.41) is 11.9. The molecule has 1 aromatic rings. The summed E-state index contributed by atoms with van der Waals surface area (Å²) < 4.78 is 5.46. The van der Waals surface area contributed by atoms with Gasteiger partial charge in [0, 0.05) is 32.1 Å². The fraction of sp³-hybridized carbons (Fsp3) is 0.667. The third-order valence-electron chi connectivity index (χ3n) is 2.17. The number of aryl methyl sites for hydroxylation is 1. The van der Waals surface area contributed by atoms with E-state index in [4.69, 9.17) is 9.84 Å². The van der Waals surface area contributed by atoms with E-state index in [1.54, 1.807) is 6.07 Å². The Labute approximate surface area is 102 Å². The molecule has 0 amide bonds. The minimum Gasteiger partial charge on any atom is -0.477 e. The fourth-order valence-electron chi connectivity index (χ4n) is 1.29. The summed E-state index contributed by atoms with van der Waals surface area (Å²) >= 11 is 0. The Morgan fingerprint density at radius 3 is 2.82 bits per heavy atom. The van der Waals surface area contributed by atoms with Crippen molar-refractivity contribution in [1.82, 2.24) is 9.97 Å². The van der Waals surface area contributed by atoms with Crippen molar-refractivity contribution >= 4 is 5.82 Å². The Bertz CT molecular complexity index is 332. The van der Waals surface area contributed by atoms with Gasteiger partial charge in [-0.2, -0.15) is 4.98 Å². The first-order valence-electron chi connectivity index (χ1n) is 6.15. The lowest BCUT2D eigenvalue weighted by Gasteiger charge is -2.09. The lowest BCUT2D eigenvalue weighted by Crippen LogP contribution is -2.08. The summed E-state index contributed by atoms with van der Waals surface area (Å²) in [4.78, 5) is 8.64. The maximum Gasteiger partial charge on any atom is 0.218 e. The molecule has 0 unspecified atom stereocenters. The van der Waals surface area contributed by atoms with Gasteiger partial charge in [-0.15, -0.1) is 0 Å². The van der Waals surface area contributed by atoms with Gasteiger partial charge < -0.3 is 15.2 Å². The van der Waals surface area contributed by atoms with Crippen molar-refractivity contribution in [3.63, 3.8) is 0 Å². The Balaban J connectivity index is 2.67. The number of aliphatic hydroxyl groups is 1. The molecule has 0 atom stereocenters. The van der Waals surface area contributed by atoms with E-state index in [2.05, 4.69) is 22.2 Å². The lowest BCUT2D eigenvalue weighted by atomic mass is 10.4. The Kier molecular flexibility index (Phi) is 6.32. The second-order valence-electron chi connectivity index (χ2n) is 3.71. The average molecular weight is 239 g/mol. The summed E-state index contributed by atoms with van der Waals surface area (Å²) in [5.41, 5.74) is 0. The number of hydrogen-bond acceptors (Lipinski definition) is 5. The van der Waals surface area contributed by atoms with Gasteiger partial charge in [0.15, 0.2) is 0 Å². The van der Waals surface area contributed by atoms with Gasteiger partial charge in [0.2, 0.25) is 5.88 Å². The number of nitrogens with zero attached hydrogens (tertiary/aromatic N) is 2. The molecule has 0 radical (unpaired) electrons. The zero-order chi connectivity index (χ0) is 12.5. The highest BCUT2D eigenvalue weighted by atomic mass is 16.5. The van der Waals surface area contributed by atoms with Gasteiger partial charge in [0.25, 0.3) is 0 Å². The van der Waals surface area contributed by atoms with E-state index in [-0.39, 0.29) is 6.61 Å². The Morgan fingerprint density at radius 2 is 2.18 bits per heavy atom. The van der Waals surface area contributed by atoms with Crippen molar-refractivity contribution in [3.05, 3.63) is 11.9 Å². The van der Waals surface area contributed by atoms with E-state index in [1.807, 2.05) is 6.92 Å². The molecule has 0 aromatic carbocycles. The van der Waals surface area contributed by atoms with Crippen molar-refractivity contribution in [3.8, 4) is 5.88 Å². The first kappa shape index (κ1) is 13.7. The zero-order valence-corrected chi connectivity index (χ0v) is 10.6. The van der Waals surface area contributed by atoms with Crippen molar-refractivity contribution < 1.29 is 9.84 Å². The molecule has 0 bridgehead atoms. The van der Waals surface area contributed by atoms with Gasteiger partial charge >= 0.3 is 0 Å². The van der Waals surface area contributed by atoms with Gasteiger partial charge in [-0.25, -0.2) is 4.98 Å². The largest absolute Gasteiger partial charge is 0.477 e. The number of hydrogen-bond donors (Lipinski definition) is 2. The topological polar surface area (TPSA) is 67.3 Å². The standard InChI is InChI=1S/C12H21N3O2/c1-3-6-13-11-9-12(17-8-5-7-16)15-10(4-2)14-11/h9,16H,3-8H2,1-2H3,(H,13,14,15). The van der Waals surface area contributed by atoms with Crippen LogP contribution in [0.15, 0.2) is 6.07 Å². The molecule has 5 nitrogen and oxygen atoms in total. The molecule has 1 aromatic heterocycles. The highest BCUT2D eigenvalue weighted by Gasteiger charge is 2.03. The van der Waals surface area contributed by atoms with Crippen LogP contribution in [0.2, 0.25) is 0 Å². The minimum atomic E-state index is 0.132. The van der Waals surface area contributed by atoms with Gasteiger partial charge in [0.1, 0.15) is 11.6 Å². The quantitative estimate of drug-likeness (QED) is 0.675. The number of nitrogens with one attached hydrogen (secondary N) is 1. The maximum atomic E-state index is 8.69. The van der Waals surface area contributed by atoms with Crippen molar-refractivity contribution in [2.45, 2.75) is 33.1 Å². The first-order valence-corrected chi connectivity index (χ1v) is 6.15. The molecule has 96 valence electrons. The molecule has 0 saturated heterocycles. The summed E-state index contributed by atoms with van der Waals surface area (Å²) in [7, 11) is 0. The predicted molar refractivity (Wildman–Crippen MR) is 67.4 cm³/mol. The summed E-state index contributed by atoms with van der Waals surface area (Å²) in [5.74, 6) is 2.15. The van der Waals surface area contributed by atoms with Gasteiger partial charge in [-0.3, -0.25) is 0 Å². The van der Waals surface area contributed by atoms with Crippen LogP contribution in [0.5, 0.6) is 5.88 Å². The maximum absolute atomic E-state index is 8.69. The Hall–Kier alpha value is -1.36. The van der Waals surface area contributed by atoms with Crippen LogP contribution in [-0.4, -0.2) is 34.8 Å². The second kappa shape index (κ2) is 7.84. The summed E-state index contributed by atoms with van der Waals surface area (Å²) in [6, 6.07) is 1.80. The van der Waals surface area contributed by atoms with Crippen LogP contribution in [0.25, 0.3) is 0 Å². The zero-order valence-electron chi connectivity index (χ0n) is 10.6. The molecule has 17 heavy (non-hydrogen) atoms. The number of aromatic nitrogens is 2. The van der Waals surface area contributed by atoms with Crippen LogP contribution in [0.4, 0.5) is 5.82 Å². The smallest absolute Gasteiger partial charge is 0.218 e. The molecule has 1 heterocycles. The molecule has 1 rings (SSSR count). The highest BCUT2D eigenvalue weighted by molar-refractivity contribution is 5.38. The van der Waals surface area contributed by atoms with Gasteiger partial charge in [0.05, 0.1) is 6.61 Å². The highest BCUT2D eigenvalue weighted by Crippen LogP contribution is 2.14. The SMILES string of the molecule is CCCNc1cc(OCCCO)nc(CC)n1. The Morgan fingerprint density at radius 1 is 1.35 bits per heavy atom. The van der Waals surface area contributed by atoms with Gasteiger partial charge in [-0.05, 0) is 6.42 Å². The van der Waals surface area contributed by atoms with Crippen LogP contribution in [0.1, 0.15) is 32.5 Å². The van der Waals surface area contributed by atoms with E-state index in [0.717, 1.165) is 31.0 Å². The molecule has 5 heteroatoms. The molecule has 0 aliphatic rings. The molecule has 0 saturated carbocycles. The average Bonchev–Trinajstić information content (AvgIpc) is 2.36. The second-order valence-corrected chi connectivity index (χ2v) is 3.71. The minimum absolute atomic E-state index is 0.132. The summed E-state index contributed by atoms with van der Waals surface area (Å²) in [6.45, 7) is 5.61. The van der Waals surface area contributed by atoms with Gasteiger partial charge in [-0.1, -0.05) is 13.8 Å². The van der Waals surface area contributed by atoms with Crippen LogP contribution in [0, 0.1) is 0 Å². The number of anilines is 1. The number of rotatable bonds is 8. The molecule has 0 fully saturated rings. The molecule has 0 aliphatic heterocycles. The summed E-state index contributed by atoms with van der Waals surface area (Å²) in [6.07, 6.45) is 2.44. The molecular formula is C12H21N3O2. The predicted octanol–water partition coefficient (Wildman–Crippen LogP) is 1.62. The normalized spacial score (nSPS) is 10.3. The van der Waals surface area contributed by atoms with Crippen LogP contribution < -0.4 is 10.1 Å². The lowest BCUT2D eigenvalue weighted by molar-refractivity contribution is 0.229. The molecule has 0 aliphatic carbocycles. The van der Waals surface area contributed by atoms with E-state index in [1.165, 1.54) is 0 Å². The van der Waals surface area contributed by atoms with Crippen molar-refractivity contribution in [2.75, 3.05) is 25.1 Å². The first-order chi connectivity index (χ1) is 8.30. The van der Waals surface area contributed by atoms with Crippen molar-refractivity contribution in [1.29, 1.82) is 0 Å². The molecule has 2 N–H and O–H groups in total. The van der Waals surface area contributed by atoms with Crippen LogP contribution >= 0.6 is 0 Å². The number of ether oxygens (including phenoxy) is 1. The third kappa shape index (κ3) is 4.99. The molecular weight excluding hydrogens is 218 g/mol.